The van der Waals surface area contributed by atoms with E-state index < -0.39 is 0 Å². The van der Waals surface area contributed by atoms with Crippen molar-refractivity contribution in [3.63, 3.8) is 0 Å². The van der Waals surface area contributed by atoms with E-state index in [4.69, 9.17) is 9.47 Å². The van der Waals surface area contributed by atoms with Crippen LogP contribution in [0, 0.1) is 0 Å². The molecule has 5 heteroatoms. The number of benzene rings is 1. The first-order valence-electron chi connectivity index (χ1n) is 7.92. The molecule has 5 nitrogen and oxygen atoms in total. The predicted molar refractivity (Wildman–Crippen MR) is 76.9 cm³/mol. The van der Waals surface area contributed by atoms with Gasteiger partial charge in [-0.25, -0.2) is 0 Å². The molecule has 114 valence electrons. The van der Waals surface area contributed by atoms with E-state index in [1.165, 1.54) is 0 Å². The van der Waals surface area contributed by atoms with Gasteiger partial charge in [-0.2, -0.15) is 0 Å². The van der Waals surface area contributed by atoms with Gasteiger partial charge in [-0.1, -0.05) is 0 Å². The second-order valence-electron chi connectivity index (χ2n) is 6.81. The number of carbonyl (C=O) groups excluding carboxylic acids is 2. The third kappa shape index (κ3) is 1.44. The molecule has 0 aromatic heterocycles. The summed E-state index contributed by atoms with van der Waals surface area (Å²) in [6.07, 6.45) is 3.38. The second kappa shape index (κ2) is 4.03. The summed E-state index contributed by atoms with van der Waals surface area (Å²) >= 11 is 0. The summed E-state index contributed by atoms with van der Waals surface area (Å²) in [7, 11) is 0. The third-order valence-corrected chi connectivity index (χ3v) is 5.77. The molecular formula is C17H17NO4. The lowest BCUT2D eigenvalue weighted by atomic mass is 9.79. The van der Waals surface area contributed by atoms with E-state index in [2.05, 4.69) is 0 Å². The van der Waals surface area contributed by atoms with Crippen molar-refractivity contribution in [2.45, 2.75) is 43.6 Å². The Morgan fingerprint density at radius 2 is 2.00 bits per heavy atom. The number of Topliss-reactive ketones (excluding diaryl/α,β-unsaturated/α-hetero) is 1. The molecule has 22 heavy (non-hydrogen) atoms. The first-order valence-corrected chi connectivity index (χ1v) is 7.92. The predicted octanol–water partition coefficient (Wildman–Crippen LogP) is 1.78. The molecule has 0 bridgehead atoms. The van der Waals surface area contributed by atoms with Gasteiger partial charge in [0.2, 0.25) is 12.7 Å². The second-order valence-corrected chi connectivity index (χ2v) is 6.81. The maximum atomic E-state index is 12.7. The Morgan fingerprint density at radius 3 is 2.86 bits per heavy atom. The zero-order valence-corrected chi connectivity index (χ0v) is 12.3. The summed E-state index contributed by atoms with van der Waals surface area (Å²) in [5.74, 6) is 1.99. The first-order chi connectivity index (χ1) is 10.7. The van der Waals surface area contributed by atoms with Crippen molar-refractivity contribution in [2.75, 3.05) is 13.3 Å². The standard InChI is InChI=1S/C17H17NO4/c19-11-6-13-12-7-15-14(21-9-22-15)4-10(12)5-16(20)18-3-1-2-17(13,18)8-11/h4,7,13H,1-3,5-6,8-9H2/t13-,17-/m1/s1. The molecule has 1 aliphatic carbocycles. The highest BCUT2D eigenvalue weighted by atomic mass is 16.7. The van der Waals surface area contributed by atoms with Gasteiger partial charge in [0.05, 0.1) is 12.0 Å². The monoisotopic (exact) mass is 299 g/mol. The van der Waals surface area contributed by atoms with Crippen molar-refractivity contribution in [1.29, 1.82) is 0 Å². The lowest BCUT2D eigenvalue weighted by molar-refractivity contribution is -0.134. The van der Waals surface area contributed by atoms with Gasteiger partial charge in [-0.3, -0.25) is 9.59 Å². The van der Waals surface area contributed by atoms with Crippen molar-refractivity contribution in [1.82, 2.24) is 4.90 Å². The zero-order chi connectivity index (χ0) is 14.9. The molecule has 1 saturated carbocycles. The lowest BCUT2D eigenvalue weighted by Crippen LogP contribution is -2.48. The van der Waals surface area contributed by atoms with Gasteiger partial charge in [0.1, 0.15) is 5.78 Å². The Labute approximate surface area is 128 Å². The van der Waals surface area contributed by atoms with E-state index in [9.17, 15) is 9.59 Å². The molecule has 1 saturated heterocycles. The Bertz CT molecular complexity index is 713. The highest BCUT2D eigenvalue weighted by Crippen LogP contribution is 2.54. The van der Waals surface area contributed by atoms with E-state index in [1.807, 2.05) is 17.0 Å². The molecule has 2 atom stereocenters. The smallest absolute Gasteiger partial charge is 0.231 e. The van der Waals surface area contributed by atoms with Gasteiger partial charge < -0.3 is 14.4 Å². The number of ether oxygens (including phenoxy) is 2. The van der Waals surface area contributed by atoms with Crippen LogP contribution in [0.3, 0.4) is 0 Å². The van der Waals surface area contributed by atoms with Crippen LogP contribution in [0.5, 0.6) is 11.5 Å². The van der Waals surface area contributed by atoms with Crippen LogP contribution in [-0.2, 0) is 16.0 Å². The Hall–Kier alpha value is -2.04. The number of ketones is 1. The molecule has 0 unspecified atom stereocenters. The van der Waals surface area contributed by atoms with Crippen molar-refractivity contribution >= 4 is 11.7 Å². The van der Waals surface area contributed by atoms with Crippen molar-refractivity contribution in [3.8, 4) is 11.5 Å². The van der Waals surface area contributed by atoms with Crippen LogP contribution < -0.4 is 9.47 Å². The average Bonchev–Trinajstić information content (AvgIpc) is 3.16. The number of nitrogens with zero attached hydrogens (tertiary/aromatic N) is 1. The Kier molecular flexibility index (Phi) is 2.29. The number of amides is 1. The number of hydrogen-bond donors (Lipinski definition) is 0. The molecule has 4 aliphatic rings. The van der Waals surface area contributed by atoms with Crippen molar-refractivity contribution in [2.24, 2.45) is 0 Å². The fourth-order valence-electron chi connectivity index (χ4n) is 4.91. The van der Waals surface area contributed by atoms with E-state index in [0.29, 0.717) is 25.0 Å². The van der Waals surface area contributed by atoms with Crippen LogP contribution in [0.25, 0.3) is 0 Å². The third-order valence-electron chi connectivity index (χ3n) is 5.77. The fraction of sp³-hybridized carbons (Fsp3) is 0.529. The molecule has 1 amide bonds. The largest absolute Gasteiger partial charge is 0.454 e. The van der Waals surface area contributed by atoms with Crippen LogP contribution >= 0.6 is 0 Å². The number of rotatable bonds is 0. The van der Waals surface area contributed by atoms with Crippen molar-refractivity contribution in [3.05, 3.63) is 23.3 Å². The highest BCUT2D eigenvalue weighted by Gasteiger charge is 2.56. The van der Waals surface area contributed by atoms with Gasteiger partial charge in [-0.15, -0.1) is 0 Å². The Morgan fingerprint density at radius 1 is 1.18 bits per heavy atom. The quantitative estimate of drug-likeness (QED) is 0.733. The summed E-state index contributed by atoms with van der Waals surface area (Å²) in [4.78, 5) is 27.0. The lowest BCUT2D eigenvalue weighted by Gasteiger charge is -2.38. The summed E-state index contributed by atoms with van der Waals surface area (Å²) in [5.41, 5.74) is 1.84. The van der Waals surface area contributed by atoms with E-state index in [0.717, 1.165) is 36.3 Å². The molecule has 1 aromatic rings. The van der Waals surface area contributed by atoms with Crippen LogP contribution in [0.4, 0.5) is 0 Å². The summed E-state index contributed by atoms with van der Waals surface area (Å²) in [6, 6.07) is 3.95. The van der Waals surface area contributed by atoms with Crippen LogP contribution in [0.2, 0.25) is 0 Å². The molecule has 1 aromatic carbocycles. The minimum absolute atomic E-state index is 0.110. The molecule has 3 heterocycles. The van der Waals surface area contributed by atoms with E-state index in [-0.39, 0.29) is 29.9 Å². The molecule has 5 rings (SSSR count). The SMILES string of the molecule is O=C1C[C@@H]2c3cc4c(cc3CC(=O)N3CCC[C@@]23C1)OCO4. The maximum Gasteiger partial charge on any atom is 0.231 e. The number of carbonyl (C=O) groups is 2. The summed E-state index contributed by atoms with van der Waals surface area (Å²) in [6.45, 7) is 1.01. The number of hydrogen-bond acceptors (Lipinski definition) is 4. The molecule has 2 fully saturated rings. The van der Waals surface area contributed by atoms with Gasteiger partial charge >= 0.3 is 0 Å². The van der Waals surface area contributed by atoms with E-state index in [1.54, 1.807) is 0 Å². The van der Waals surface area contributed by atoms with Gasteiger partial charge in [-0.05, 0) is 36.1 Å². The fourth-order valence-corrected chi connectivity index (χ4v) is 4.91. The van der Waals surface area contributed by atoms with Gasteiger partial charge in [0.15, 0.2) is 11.5 Å². The normalized spacial score (nSPS) is 31.8. The van der Waals surface area contributed by atoms with Crippen molar-refractivity contribution < 1.29 is 19.1 Å². The molecule has 3 aliphatic heterocycles. The van der Waals surface area contributed by atoms with Gasteiger partial charge in [0, 0.05) is 25.3 Å². The molecule has 1 spiro atoms. The summed E-state index contributed by atoms with van der Waals surface area (Å²) in [5, 5.41) is 0. The summed E-state index contributed by atoms with van der Waals surface area (Å²) < 4.78 is 11.0. The van der Waals surface area contributed by atoms with Crippen LogP contribution in [0.1, 0.15) is 42.7 Å². The Balaban J connectivity index is 1.73. The van der Waals surface area contributed by atoms with Crippen LogP contribution in [0.15, 0.2) is 12.1 Å². The molecule has 0 radical (unpaired) electrons. The first kappa shape index (κ1) is 12.5. The highest BCUT2D eigenvalue weighted by molar-refractivity contribution is 5.89. The topological polar surface area (TPSA) is 55.8 Å². The van der Waals surface area contributed by atoms with Gasteiger partial charge in [0.25, 0.3) is 0 Å². The van der Waals surface area contributed by atoms with E-state index >= 15 is 0 Å². The minimum Gasteiger partial charge on any atom is -0.454 e. The average molecular weight is 299 g/mol. The number of fused-ring (bicyclic) bond motifs is 3. The maximum absolute atomic E-state index is 12.7. The molecular weight excluding hydrogens is 282 g/mol. The van der Waals surface area contributed by atoms with Crippen LogP contribution in [-0.4, -0.2) is 35.5 Å². The zero-order valence-electron chi connectivity index (χ0n) is 12.3. The molecule has 0 N–H and O–H groups in total. The minimum atomic E-state index is -0.285.